The maximum Gasteiger partial charge on any atom is 1.00 e. The van der Waals surface area contributed by atoms with Crippen molar-refractivity contribution in [2.45, 2.75) is 37.9 Å². The SMILES string of the molecule is COC(=O)C1CCC2(CC1)CC2[B-](F)(F)F.[K+]. The molecule has 0 aliphatic heterocycles. The normalized spacial score (nSPS) is 36.2. The molecule has 2 aliphatic rings. The van der Waals surface area contributed by atoms with Gasteiger partial charge in [0, 0.05) is 0 Å². The van der Waals surface area contributed by atoms with Crippen LogP contribution >= 0.6 is 0 Å². The van der Waals surface area contributed by atoms with Gasteiger partial charge in [-0.3, -0.25) is 4.79 Å². The van der Waals surface area contributed by atoms with Crippen molar-refractivity contribution >= 4 is 12.9 Å². The summed E-state index contributed by atoms with van der Waals surface area (Å²) in [5.74, 6) is -1.52. The number of esters is 1. The van der Waals surface area contributed by atoms with E-state index in [0.29, 0.717) is 25.7 Å². The predicted octanol–water partition coefficient (Wildman–Crippen LogP) is -0.0387. The Balaban J connectivity index is 0.00000144. The zero-order valence-corrected chi connectivity index (χ0v) is 13.3. The molecule has 2 saturated carbocycles. The molecule has 17 heavy (non-hydrogen) atoms. The van der Waals surface area contributed by atoms with Crippen LogP contribution < -0.4 is 51.4 Å². The van der Waals surface area contributed by atoms with Crippen LogP contribution in [0.1, 0.15) is 32.1 Å². The smallest absolute Gasteiger partial charge is 0.469 e. The van der Waals surface area contributed by atoms with E-state index in [1.807, 2.05) is 0 Å². The van der Waals surface area contributed by atoms with Crippen molar-refractivity contribution < 1.29 is 73.9 Å². The number of rotatable bonds is 2. The molecule has 7 heteroatoms. The summed E-state index contributed by atoms with van der Waals surface area (Å²) in [6, 6.07) is 0. The van der Waals surface area contributed by atoms with Gasteiger partial charge in [-0.15, -0.1) is 0 Å². The van der Waals surface area contributed by atoms with E-state index in [4.69, 9.17) is 0 Å². The van der Waals surface area contributed by atoms with Gasteiger partial charge in [0.05, 0.1) is 13.0 Å². The van der Waals surface area contributed by atoms with Crippen molar-refractivity contribution in [2.75, 3.05) is 7.11 Å². The average Bonchev–Trinajstić information content (AvgIpc) is 2.92. The van der Waals surface area contributed by atoms with Gasteiger partial charge >= 0.3 is 64.3 Å². The molecule has 2 rings (SSSR count). The van der Waals surface area contributed by atoms with Crippen molar-refractivity contribution in [2.24, 2.45) is 11.3 Å². The molecule has 0 aromatic rings. The molecule has 0 radical (unpaired) electrons. The Bertz CT molecular complexity index is 300. The van der Waals surface area contributed by atoms with Crippen LogP contribution in [0.25, 0.3) is 0 Å². The zero-order chi connectivity index (χ0) is 12.0. The van der Waals surface area contributed by atoms with Gasteiger partial charge in [-0.2, -0.15) is 0 Å². The number of hydrogen-bond donors (Lipinski definition) is 0. The molecule has 92 valence electrons. The van der Waals surface area contributed by atoms with E-state index in [9.17, 15) is 17.7 Å². The Hall–Kier alpha value is 0.961. The maximum absolute atomic E-state index is 12.6. The van der Waals surface area contributed by atoms with E-state index in [-0.39, 0.29) is 69.7 Å². The molecular weight excluding hydrogens is 259 g/mol. The Morgan fingerprint density at radius 2 is 1.82 bits per heavy atom. The van der Waals surface area contributed by atoms with E-state index >= 15 is 0 Å². The number of hydrogen-bond acceptors (Lipinski definition) is 2. The summed E-state index contributed by atoms with van der Waals surface area (Å²) in [5.41, 5.74) is -0.511. The summed E-state index contributed by atoms with van der Waals surface area (Å²) in [4.78, 5) is 11.2. The van der Waals surface area contributed by atoms with Crippen LogP contribution in [0.2, 0.25) is 5.82 Å². The molecule has 2 fully saturated rings. The van der Waals surface area contributed by atoms with Gasteiger partial charge in [0.2, 0.25) is 0 Å². The molecule has 2 nitrogen and oxygen atoms in total. The summed E-state index contributed by atoms with van der Waals surface area (Å²) in [7, 11) is 1.32. The Labute approximate surface area is 142 Å². The molecule has 0 aromatic heterocycles. The first-order chi connectivity index (χ1) is 7.39. The van der Waals surface area contributed by atoms with Crippen LogP contribution in [0, 0.1) is 11.3 Å². The molecule has 1 unspecified atom stereocenters. The number of methoxy groups -OCH3 is 1. The number of carbonyl (C=O) groups excluding carboxylic acids is 1. The first-order valence-electron chi connectivity index (χ1n) is 5.67. The van der Waals surface area contributed by atoms with Crippen molar-refractivity contribution in [1.82, 2.24) is 0 Å². The average molecular weight is 274 g/mol. The Morgan fingerprint density at radius 3 is 2.18 bits per heavy atom. The minimum Gasteiger partial charge on any atom is -0.469 e. The van der Waals surface area contributed by atoms with Crippen LogP contribution in [0.15, 0.2) is 0 Å². The minimum absolute atomic E-state index is 0. The molecule has 0 N–H and O–H groups in total. The fourth-order valence-corrected chi connectivity index (χ4v) is 3.08. The van der Waals surface area contributed by atoms with Crippen LogP contribution in [-0.2, 0) is 9.53 Å². The van der Waals surface area contributed by atoms with E-state index in [1.54, 1.807) is 0 Å². The second-order valence-electron chi connectivity index (χ2n) is 5.10. The predicted molar refractivity (Wildman–Crippen MR) is 53.9 cm³/mol. The summed E-state index contributed by atoms with van der Waals surface area (Å²) in [6.45, 7) is -4.69. The van der Waals surface area contributed by atoms with Gasteiger partial charge in [-0.25, -0.2) is 0 Å². The first-order valence-corrected chi connectivity index (χ1v) is 5.67. The van der Waals surface area contributed by atoms with E-state index in [2.05, 4.69) is 4.74 Å². The summed E-state index contributed by atoms with van der Waals surface area (Å²) in [6.07, 6.45) is 2.44. The van der Waals surface area contributed by atoms with E-state index in [1.165, 1.54) is 7.11 Å². The van der Waals surface area contributed by atoms with Gasteiger partial charge in [-0.05, 0) is 25.7 Å². The summed E-state index contributed by atoms with van der Waals surface area (Å²) in [5, 5.41) is 0. The molecule has 1 atom stereocenters. The van der Waals surface area contributed by atoms with Crippen LogP contribution in [-0.4, -0.2) is 20.1 Å². The third kappa shape index (κ3) is 3.29. The molecule has 2 aliphatic carbocycles. The van der Waals surface area contributed by atoms with Crippen molar-refractivity contribution in [3.05, 3.63) is 0 Å². The number of carbonyl (C=O) groups is 1. The van der Waals surface area contributed by atoms with Crippen molar-refractivity contribution in [1.29, 1.82) is 0 Å². The summed E-state index contributed by atoms with van der Waals surface area (Å²) < 4.78 is 42.3. The van der Waals surface area contributed by atoms with E-state index < -0.39 is 18.2 Å². The molecule has 0 bridgehead atoms. The van der Waals surface area contributed by atoms with Gasteiger partial charge in [-0.1, -0.05) is 17.7 Å². The van der Waals surface area contributed by atoms with Crippen LogP contribution in [0.5, 0.6) is 0 Å². The molecule has 0 aromatic carbocycles. The quantitative estimate of drug-likeness (QED) is 0.522. The fourth-order valence-electron chi connectivity index (χ4n) is 3.08. The summed E-state index contributed by atoms with van der Waals surface area (Å²) >= 11 is 0. The van der Waals surface area contributed by atoms with E-state index in [0.717, 1.165) is 0 Å². The standard InChI is InChI=1S/C10H15BF3O2.K/c1-16-9(15)7-2-4-10(5-3-7)6-8(10)11(12,13)14;/h7-8H,2-6H2,1H3;/q-1;+1. The molecule has 0 heterocycles. The van der Waals surface area contributed by atoms with Gasteiger partial charge in [0.1, 0.15) is 0 Å². The van der Waals surface area contributed by atoms with Crippen LogP contribution in [0.4, 0.5) is 12.9 Å². The largest absolute Gasteiger partial charge is 1.00 e. The monoisotopic (exact) mass is 274 g/mol. The number of ether oxygens (including phenoxy) is 1. The van der Waals surface area contributed by atoms with Crippen molar-refractivity contribution in [3.8, 4) is 0 Å². The zero-order valence-electron chi connectivity index (χ0n) is 10.2. The maximum atomic E-state index is 12.6. The third-order valence-electron chi connectivity index (χ3n) is 4.23. The van der Waals surface area contributed by atoms with Gasteiger partial charge < -0.3 is 17.7 Å². The second kappa shape index (κ2) is 5.53. The topological polar surface area (TPSA) is 26.3 Å². The first kappa shape index (κ1) is 16.0. The van der Waals surface area contributed by atoms with Crippen molar-refractivity contribution in [3.63, 3.8) is 0 Å². The van der Waals surface area contributed by atoms with Gasteiger partial charge in [0.15, 0.2) is 0 Å². The Kier molecular flexibility index (Phi) is 5.21. The fraction of sp³-hybridized carbons (Fsp3) is 0.900. The second-order valence-corrected chi connectivity index (χ2v) is 5.10. The van der Waals surface area contributed by atoms with Crippen LogP contribution in [0.3, 0.4) is 0 Å². The molecule has 0 saturated heterocycles. The molecule has 0 amide bonds. The molecule has 1 spiro atoms. The third-order valence-corrected chi connectivity index (χ3v) is 4.23. The van der Waals surface area contributed by atoms with Gasteiger partial charge in [0.25, 0.3) is 0 Å². The molecular formula is C10H15BF3KO2. The number of halogens is 3. The minimum atomic E-state index is -4.69. The Morgan fingerprint density at radius 1 is 1.29 bits per heavy atom.